The summed E-state index contributed by atoms with van der Waals surface area (Å²) in [5.41, 5.74) is 2.20. The molecule has 6 atom stereocenters. The molecule has 32 heavy (non-hydrogen) atoms. The smallest absolute Gasteiger partial charge is 0.149 e. The Kier molecular flexibility index (Phi) is 5.56. The lowest BCUT2D eigenvalue weighted by Crippen LogP contribution is -2.84. The molecule has 0 aromatic heterocycles. The normalized spacial score (nSPS) is 36.7. The number of rotatable bonds is 4. The first-order valence-corrected chi connectivity index (χ1v) is 12.4. The zero-order valence-electron chi connectivity index (χ0n) is 19.9. The number of hydrogen-bond donors (Lipinski definition) is 1. The minimum Gasteiger partial charge on any atom is -0.379 e. The van der Waals surface area contributed by atoms with Gasteiger partial charge in [-0.3, -0.25) is 4.90 Å². The van der Waals surface area contributed by atoms with Crippen LogP contribution in [0.2, 0.25) is 0 Å². The lowest BCUT2D eigenvalue weighted by molar-refractivity contribution is -0.373. The van der Waals surface area contributed by atoms with E-state index < -0.39 is 5.60 Å². The fourth-order valence-electron chi connectivity index (χ4n) is 6.69. The number of fused-ring (bicyclic) bond motifs is 2. The van der Waals surface area contributed by atoms with E-state index in [9.17, 15) is 5.11 Å². The lowest BCUT2D eigenvalue weighted by Gasteiger charge is -2.71. The molecule has 1 saturated carbocycles. The van der Waals surface area contributed by atoms with Gasteiger partial charge in [-0.05, 0) is 55.7 Å². The zero-order valence-corrected chi connectivity index (χ0v) is 19.9. The molecule has 0 bridgehead atoms. The van der Waals surface area contributed by atoms with E-state index in [1.54, 1.807) is 0 Å². The van der Waals surface area contributed by atoms with Crippen molar-refractivity contribution in [2.45, 2.75) is 82.9 Å². The maximum atomic E-state index is 12.5. The van der Waals surface area contributed by atoms with Crippen LogP contribution in [0.5, 0.6) is 0 Å². The minimum absolute atomic E-state index is 0.0546. The molecule has 2 aromatic carbocycles. The van der Waals surface area contributed by atoms with Gasteiger partial charge in [0.2, 0.25) is 0 Å². The number of allylic oxidation sites excluding steroid dienone is 1. The number of aliphatic hydroxyl groups is 1. The van der Waals surface area contributed by atoms with Crippen LogP contribution in [-0.2, 0) is 10.3 Å². The standard InChI is InChI=1S/C29H37NO2/c1-5-12-23(21-13-8-6-9-14-21)26-29(31,22-15-10-7-11-16-22)27-30(26)28(3,4)24-18-17-20(2)19-25(24)32-27/h6-16,20,24-27,31H,5,17-19H2,1-4H3/b23-12+/t20-,24-,25-,26+,27+,29-/m1/s1. The van der Waals surface area contributed by atoms with Crippen LogP contribution in [0.1, 0.15) is 64.5 Å². The van der Waals surface area contributed by atoms with Crippen LogP contribution in [0.25, 0.3) is 5.57 Å². The topological polar surface area (TPSA) is 32.7 Å². The molecular formula is C29H37NO2. The molecule has 1 aliphatic carbocycles. The fraction of sp³-hybridized carbons (Fsp3) is 0.517. The van der Waals surface area contributed by atoms with E-state index in [4.69, 9.17) is 4.74 Å². The van der Waals surface area contributed by atoms with Gasteiger partial charge >= 0.3 is 0 Å². The van der Waals surface area contributed by atoms with Crippen molar-refractivity contribution < 1.29 is 9.84 Å². The van der Waals surface area contributed by atoms with Crippen molar-refractivity contribution in [1.29, 1.82) is 0 Å². The Balaban J connectivity index is 1.64. The molecule has 0 amide bonds. The Bertz CT molecular complexity index is 969. The summed E-state index contributed by atoms with van der Waals surface area (Å²) < 4.78 is 6.81. The van der Waals surface area contributed by atoms with Gasteiger partial charge < -0.3 is 9.84 Å². The highest BCUT2D eigenvalue weighted by molar-refractivity contribution is 5.73. The second kappa shape index (κ2) is 8.13. The van der Waals surface area contributed by atoms with Gasteiger partial charge in [-0.25, -0.2) is 0 Å². The Hall–Kier alpha value is -1.94. The van der Waals surface area contributed by atoms with Crippen LogP contribution < -0.4 is 0 Å². The highest BCUT2D eigenvalue weighted by Crippen LogP contribution is 2.59. The third-order valence-electron chi connectivity index (χ3n) is 8.32. The monoisotopic (exact) mass is 431 g/mol. The third kappa shape index (κ3) is 3.21. The molecule has 0 radical (unpaired) electrons. The molecule has 2 heterocycles. The molecule has 170 valence electrons. The summed E-state index contributed by atoms with van der Waals surface area (Å²) in [4.78, 5) is 2.49. The van der Waals surface area contributed by atoms with Gasteiger partial charge in [0.05, 0.1) is 12.1 Å². The lowest BCUT2D eigenvalue weighted by atomic mass is 9.61. The van der Waals surface area contributed by atoms with E-state index in [2.05, 4.69) is 81.1 Å². The molecule has 2 aromatic rings. The van der Waals surface area contributed by atoms with E-state index in [0.717, 1.165) is 18.4 Å². The largest absolute Gasteiger partial charge is 0.379 e. The SMILES string of the molecule is CC/C=C(\c1ccccc1)[C@@H]1N2[C@@H](O[C@@H]3C[C@H](C)CC[C@H]3C2(C)C)[C@@]1(O)c1ccccc1. The Morgan fingerprint density at radius 1 is 1.06 bits per heavy atom. The Morgan fingerprint density at radius 2 is 1.72 bits per heavy atom. The first-order valence-electron chi connectivity index (χ1n) is 12.4. The number of hydrogen-bond acceptors (Lipinski definition) is 3. The van der Waals surface area contributed by atoms with Gasteiger partial charge in [-0.1, -0.05) is 87.0 Å². The zero-order chi connectivity index (χ0) is 22.5. The maximum Gasteiger partial charge on any atom is 0.149 e. The second-order valence-corrected chi connectivity index (χ2v) is 10.6. The van der Waals surface area contributed by atoms with Crippen LogP contribution in [0.15, 0.2) is 66.7 Å². The number of ether oxygens (including phenoxy) is 1. The molecule has 3 nitrogen and oxygen atoms in total. The summed E-state index contributed by atoms with van der Waals surface area (Å²) in [7, 11) is 0. The molecule has 2 aliphatic heterocycles. The summed E-state index contributed by atoms with van der Waals surface area (Å²) in [6, 6.07) is 20.6. The molecule has 3 fully saturated rings. The second-order valence-electron chi connectivity index (χ2n) is 10.6. The molecular weight excluding hydrogens is 394 g/mol. The number of benzene rings is 2. The van der Waals surface area contributed by atoms with Crippen molar-refractivity contribution in [3.63, 3.8) is 0 Å². The van der Waals surface area contributed by atoms with E-state index in [-0.39, 0.29) is 23.9 Å². The predicted octanol–water partition coefficient (Wildman–Crippen LogP) is 5.99. The summed E-state index contributed by atoms with van der Waals surface area (Å²) >= 11 is 0. The van der Waals surface area contributed by atoms with Crippen LogP contribution in [0.3, 0.4) is 0 Å². The van der Waals surface area contributed by atoms with Crippen molar-refractivity contribution in [1.82, 2.24) is 4.90 Å². The molecule has 0 unspecified atom stereocenters. The average molecular weight is 432 g/mol. The Morgan fingerprint density at radius 3 is 2.38 bits per heavy atom. The molecule has 1 N–H and O–H groups in total. The number of nitrogens with zero attached hydrogens (tertiary/aromatic N) is 1. The van der Waals surface area contributed by atoms with E-state index in [1.807, 2.05) is 18.2 Å². The minimum atomic E-state index is -1.08. The molecule has 2 saturated heterocycles. The van der Waals surface area contributed by atoms with Gasteiger partial charge in [0.25, 0.3) is 0 Å². The highest BCUT2D eigenvalue weighted by atomic mass is 16.5. The maximum absolute atomic E-state index is 12.5. The van der Waals surface area contributed by atoms with Crippen molar-refractivity contribution in [2.75, 3.05) is 0 Å². The summed E-state index contributed by atoms with van der Waals surface area (Å²) in [5.74, 6) is 1.16. The summed E-state index contributed by atoms with van der Waals surface area (Å²) in [6.07, 6.45) is 6.64. The molecule has 5 rings (SSSR count). The van der Waals surface area contributed by atoms with Crippen LogP contribution in [0, 0.1) is 11.8 Å². The van der Waals surface area contributed by atoms with E-state index in [0.29, 0.717) is 11.8 Å². The van der Waals surface area contributed by atoms with Crippen LogP contribution >= 0.6 is 0 Å². The van der Waals surface area contributed by atoms with E-state index >= 15 is 0 Å². The first-order chi connectivity index (χ1) is 15.4. The fourth-order valence-corrected chi connectivity index (χ4v) is 6.69. The van der Waals surface area contributed by atoms with Gasteiger partial charge in [-0.2, -0.15) is 0 Å². The summed E-state index contributed by atoms with van der Waals surface area (Å²) in [6.45, 7) is 9.27. The van der Waals surface area contributed by atoms with Gasteiger partial charge in [-0.15, -0.1) is 0 Å². The van der Waals surface area contributed by atoms with Crippen molar-refractivity contribution in [3.8, 4) is 0 Å². The molecule has 3 aliphatic rings. The van der Waals surface area contributed by atoms with Gasteiger partial charge in [0, 0.05) is 11.5 Å². The first kappa shape index (κ1) is 21.9. The predicted molar refractivity (Wildman–Crippen MR) is 130 cm³/mol. The quantitative estimate of drug-likeness (QED) is 0.645. The molecule has 0 spiro atoms. The van der Waals surface area contributed by atoms with Gasteiger partial charge in [0.15, 0.2) is 0 Å². The van der Waals surface area contributed by atoms with Crippen LogP contribution in [-0.4, -0.2) is 33.9 Å². The third-order valence-corrected chi connectivity index (χ3v) is 8.32. The highest BCUT2D eigenvalue weighted by Gasteiger charge is 2.70. The van der Waals surface area contributed by atoms with Crippen molar-refractivity contribution in [3.05, 3.63) is 77.9 Å². The Labute approximate surface area is 193 Å². The van der Waals surface area contributed by atoms with Gasteiger partial charge in [0.1, 0.15) is 11.8 Å². The van der Waals surface area contributed by atoms with Crippen molar-refractivity contribution in [2.24, 2.45) is 11.8 Å². The summed E-state index contributed by atoms with van der Waals surface area (Å²) in [5, 5.41) is 12.5. The van der Waals surface area contributed by atoms with E-state index in [1.165, 1.54) is 24.0 Å². The van der Waals surface area contributed by atoms with Crippen LogP contribution in [0.4, 0.5) is 0 Å². The average Bonchev–Trinajstić information content (AvgIpc) is 2.80. The molecule has 3 heteroatoms. The van der Waals surface area contributed by atoms with Crippen molar-refractivity contribution >= 4 is 5.57 Å².